The van der Waals surface area contributed by atoms with E-state index in [2.05, 4.69) is 0 Å². The molecule has 0 unspecified atom stereocenters. The molecule has 0 aliphatic carbocycles. The van der Waals surface area contributed by atoms with Crippen LogP contribution in [0.15, 0.2) is 72.8 Å². The van der Waals surface area contributed by atoms with Crippen molar-refractivity contribution in [3.8, 4) is 0 Å². The maximum atomic E-state index is 12.5. The van der Waals surface area contributed by atoms with Gasteiger partial charge < -0.3 is 9.64 Å². The summed E-state index contributed by atoms with van der Waals surface area (Å²) >= 11 is 0. The molecule has 1 fully saturated rings. The summed E-state index contributed by atoms with van der Waals surface area (Å²) in [6.07, 6.45) is 0.0849. The summed E-state index contributed by atoms with van der Waals surface area (Å²) in [4.78, 5) is 38.7. The van der Waals surface area contributed by atoms with E-state index in [0.29, 0.717) is 5.56 Å². The molecule has 3 aromatic carbocycles. The van der Waals surface area contributed by atoms with Gasteiger partial charge in [0.2, 0.25) is 5.91 Å². The molecular formula is C23H19NO4. The monoisotopic (exact) mass is 373 g/mol. The predicted octanol–water partition coefficient (Wildman–Crippen LogP) is 3.62. The number of amides is 1. The average Bonchev–Trinajstić information content (AvgIpc) is 3.13. The molecule has 0 aromatic heterocycles. The Hall–Kier alpha value is -3.47. The van der Waals surface area contributed by atoms with E-state index in [9.17, 15) is 14.4 Å². The number of nitrogens with zero attached hydrogens (tertiary/aromatic N) is 1. The molecule has 3 aromatic rings. The van der Waals surface area contributed by atoms with Gasteiger partial charge in [-0.2, -0.15) is 0 Å². The lowest BCUT2D eigenvalue weighted by atomic mass is 10.1. The van der Waals surface area contributed by atoms with Gasteiger partial charge in [-0.25, -0.2) is 0 Å². The fourth-order valence-corrected chi connectivity index (χ4v) is 3.50. The largest absolute Gasteiger partial charge is 0.457 e. The van der Waals surface area contributed by atoms with Gasteiger partial charge in [0.1, 0.15) is 0 Å². The second-order valence-corrected chi connectivity index (χ2v) is 6.80. The van der Waals surface area contributed by atoms with Crippen molar-refractivity contribution in [2.24, 2.45) is 5.92 Å². The van der Waals surface area contributed by atoms with Gasteiger partial charge in [-0.15, -0.1) is 0 Å². The molecule has 4 rings (SSSR count). The van der Waals surface area contributed by atoms with Gasteiger partial charge in [0, 0.05) is 23.9 Å². The van der Waals surface area contributed by atoms with E-state index in [1.54, 1.807) is 29.2 Å². The Labute approximate surface area is 162 Å². The molecule has 1 aliphatic heterocycles. The van der Waals surface area contributed by atoms with Gasteiger partial charge in [-0.1, -0.05) is 66.7 Å². The van der Waals surface area contributed by atoms with Gasteiger partial charge in [-0.3, -0.25) is 14.4 Å². The number of esters is 1. The summed E-state index contributed by atoms with van der Waals surface area (Å²) in [6, 6.07) is 22.3. The van der Waals surface area contributed by atoms with Crippen molar-refractivity contribution in [1.29, 1.82) is 0 Å². The Morgan fingerprint density at radius 3 is 2.46 bits per heavy atom. The molecule has 0 bridgehead atoms. The predicted molar refractivity (Wildman–Crippen MR) is 106 cm³/mol. The van der Waals surface area contributed by atoms with E-state index < -0.39 is 11.9 Å². The fraction of sp³-hybridized carbons (Fsp3) is 0.174. The van der Waals surface area contributed by atoms with Gasteiger partial charge in [0.05, 0.1) is 11.6 Å². The number of rotatable bonds is 5. The number of ether oxygens (including phenoxy) is 1. The quantitative estimate of drug-likeness (QED) is 0.506. The van der Waals surface area contributed by atoms with E-state index in [1.807, 2.05) is 48.5 Å². The Balaban J connectivity index is 1.44. The molecule has 0 N–H and O–H groups in total. The number of ketones is 1. The van der Waals surface area contributed by atoms with Crippen LogP contribution in [-0.4, -0.2) is 30.8 Å². The summed E-state index contributed by atoms with van der Waals surface area (Å²) < 4.78 is 5.19. The van der Waals surface area contributed by atoms with Crippen molar-refractivity contribution in [1.82, 2.24) is 0 Å². The highest BCUT2D eigenvalue weighted by molar-refractivity contribution is 6.06. The summed E-state index contributed by atoms with van der Waals surface area (Å²) in [6.45, 7) is -0.0625. The molecule has 28 heavy (non-hydrogen) atoms. The third-order valence-electron chi connectivity index (χ3n) is 4.96. The Kier molecular flexibility index (Phi) is 4.89. The zero-order valence-corrected chi connectivity index (χ0v) is 15.2. The van der Waals surface area contributed by atoms with E-state index in [1.165, 1.54) is 0 Å². The van der Waals surface area contributed by atoms with Crippen molar-refractivity contribution < 1.29 is 19.1 Å². The molecule has 1 heterocycles. The van der Waals surface area contributed by atoms with Crippen LogP contribution >= 0.6 is 0 Å². The summed E-state index contributed by atoms with van der Waals surface area (Å²) in [5.74, 6) is -1.47. The first kappa shape index (κ1) is 17.9. The molecule has 1 saturated heterocycles. The highest BCUT2D eigenvalue weighted by Crippen LogP contribution is 2.32. The molecule has 1 aliphatic rings. The van der Waals surface area contributed by atoms with Crippen molar-refractivity contribution in [3.63, 3.8) is 0 Å². The van der Waals surface area contributed by atoms with E-state index in [-0.39, 0.29) is 31.3 Å². The second-order valence-electron chi connectivity index (χ2n) is 6.80. The average molecular weight is 373 g/mol. The molecule has 1 amide bonds. The van der Waals surface area contributed by atoms with Crippen molar-refractivity contribution in [2.45, 2.75) is 6.42 Å². The minimum absolute atomic E-state index is 0.0849. The van der Waals surface area contributed by atoms with E-state index in [0.717, 1.165) is 16.5 Å². The molecule has 5 nitrogen and oxygen atoms in total. The summed E-state index contributed by atoms with van der Waals surface area (Å²) in [5.41, 5.74) is 1.29. The smallest absolute Gasteiger partial charge is 0.311 e. The van der Waals surface area contributed by atoms with Gasteiger partial charge >= 0.3 is 5.97 Å². The highest BCUT2D eigenvalue weighted by atomic mass is 16.5. The number of benzene rings is 3. The SMILES string of the molecule is O=C(COC(=O)[C@@H]1CC(=O)N(c2cccc3ccccc23)C1)c1ccccc1. The number of fused-ring (bicyclic) bond motifs is 1. The number of hydrogen-bond acceptors (Lipinski definition) is 4. The van der Waals surface area contributed by atoms with Crippen LogP contribution in [0, 0.1) is 5.92 Å². The van der Waals surface area contributed by atoms with Crippen molar-refractivity contribution >= 4 is 34.1 Å². The molecule has 0 spiro atoms. The number of carbonyl (C=O) groups is 3. The maximum Gasteiger partial charge on any atom is 0.311 e. The van der Waals surface area contributed by atoms with Gasteiger partial charge in [0.25, 0.3) is 0 Å². The van der Waals surface area contributed by atoms with Crippen LogP contribution < -0.4 is 4.90 Å². The zero-order valence-electron chi connectivity index (χ0n) is 15.2. The lowest BCUT2D eigenvalue weighted by molar-refractivity contribution is -0.147. The fourth-order valence-electron chi connectivity index (χ4n) is 3.50. The van der Waals surface area contributed by atoms with Crippen LogP contribution in [0.3, 0.4) is 0 Å². The number of hydrogen-bond donors (Lipinski definition) is 0. The third kappa shape index (κ3) is 3.51. The minimum atomic E-state index is -0.574. The number of carbonyl (C=O) groups excluding carboxylic acids is 3. The summed E-state index contributed by atoms with van der Waals surface area (Å²) in [7, 11) is 0. The highest BCUT2D eigenvalue weighted by Gasteiger charge is 2.36. The molecule has 0 radical (unpaired) electrons. The Morgan fingerprint density at radius 2 is 1.64 bits per heavy atom. The normalized spacial score (nSPS) is 16.4. The minimum Gasteiger partial charge on any atom is -0.457 e. The van der Waals surface area contributed by atoms with Crippen LogP contribution in [0.25, 0.3) is 10.8 Å². The Bertz CT molecular complexity index is 1040. The van der Waals surface area contributed by atoms with Crippen LogP contribution in [0.1, 0.15) is 16.8 Å². The first-order valence-corrected chi connectivity index (χ1v) is 9.16. The molecule has 5 heteroatoms. The Morgan fingerprint density at radius 1 is 0.929 bits per heavy atom. The maximum absolute atomic E-state index is 12.5. The van der Waals surface area contributed by atoms with E-state index >= 15 is 0 Å². The van der Waals surface area contributed by atoms with Crippen LogP contribution in [0.4, 0.5) is 5.69 Å². The molecule has 0 saturated carbocycles. The van der Waals surface area contributed by atoms with E-state index in [4.69, 9.17) is 4.74 Å². The second kappa shape index (κ2) is 7.64. The number of Topliss-reactive ketones (excluding diaryl/α,β-unsaturated/α-hetero) is 1. The van der Waals surface area contributed by atoms with Gasteiger partial charge in [0.15, 0.2) is 12.4 Å². The van der Waals surface area contributed by atoms with Crippen LogP contribution in [0.2, 0.25) is 0 Å². The first-order chi connectivity index (χ1) is 13.6. The van der Waals surface area contributed by atoms with Crippen molar-refractivity contribution in [2.75, 3.05) is 18.1 Å². The molecule has 1 atom stereocenters. The lowest BCUT2D eigenvalue weighted by Crippen LogP contribution is -2.27. The number of anilines is 1. The molecule has 140 valence electrons. The zero-order chi connectivity index (χ0) is 19.5. The lowest BCUT2D eigenvalue weighted by Gasteiger charge is -2.18. The van der Waals surface area contributed by atoms with Crippen LogP contribution in [0.5, 0.6) is 0 Å². The van der Waals surface area contributed by atoms with Crippen LogP contribution in [-0.2, 0) is 14.3 Å². The van der Waals surface area contributed by atoms with Crippen molar-refractivity contribution in [3.05, 3.63) is 78.4 Å². The third-order valence-corrected chi connectivity index (χ3v) is 4.96. The van der Waals surface area contributed by atoms with Gasteiger partial charge in [-0.05, 0) is 11.5 Å². The first-order valence-electron chi connectivity index (χ1n) is 9.16. The molecular weight excluding hydrogens is 354 g/mol. The topological polar surface area (TPSA) is 63.7 Å². The summed E-state index contributed by atoms with van der Waals surface area (Å²) in [5, 5.41) is 2.00. The standard InChI is InChI=1S/C23H19NO4/c25-21(17-8-2-1-3-9-17)15-28-23(27)18-13-22(26)24(14-18)20-12-6-10-16-7-4-5-11-19(16)20/h1-12,18H,13-15H2/t18-/m1/s1.